The fourth-order valence-electron chi connectivity index (χ4n) is 2.05. The molecule has 20 heavy (non-hydrogen) atoms. The second kappa shape index (κ2) is 6.08. The Morgan fingerprint density at radius 3 is 2.80 bits per heavy atom. The van der Waals surface area contributed by atoms with Gasteiger partial charge < -0.3 is 5.32 Å². The summed E-state index contributed by atoms with van der Waals surface area (Å²) >= 11 is 1.56. The van der Waals surface area contributed by atoms with Crippen LogP contribution in [0, 0.1) is 5.92 Å². The van der Waals surface area contributed by atoms with Gasteiger partial charge >= 0.3 is 6.18 Å². The molecule has 0 bridgehead atoms. The molecule has 0 saturated carbocycles. The van der Waals surface area contributed by atoms with E-state index >= 15 is 0 Å². The van der Waals surface area contributed by atoms with Gasteiger partial charge in [0.25, 0.3) is 0 Å². The van der Waals surface area contributed by atoms with Crippen molar-refractivity contribution < 1.29 is 13.2 Å². The molecule has 1 aliphatic rings. The molecular weight excluding hydrogens is 285 g/mol. The monoisotopic (exact) mass is 302 g/mol. The number of alkyl halides is 3. The van der Waals surface area contributed by atoms with E-state index in [-0.39, 0.29) is 6.04 Å². The van der Waals surface area contributed by atoms with Crippen LogP contribution in [0.15, 0.2) is 29.3 Å². The maximum absolute atomic E-state index is 12.6. The molecule has 110 valence electrons. The first-order valence-electron chi connectivity index (χ1n) is 6.49. The summed E-state index contributed by atoms with van der Waals surface area (Å²) in [5.41, 5.74) is -0.221. The Kier molecular flexibility index (Phi) is 4.62. The van der Waals surface area contributed by atoms with E-state index < -0.39 is 11.7 Å². The number of nitrogens with zero attached hydrogens (tertiary/aromatic N) is 1. The van der Waals surface area contributed by atoms with Crippen LogP contribution in [0.2, 0.25) is 0 Å². The maximum Gasteiger partial charge on any atom is 0.416 e. The summed E-state index contributed by atoms with van der Waals surface area (Å²) in [6, 6.07) is 5.45. The smallest absolute Gasteiger partial charge is 0.335 e. The molecule has 0 amide bonds. The van der Waals surface area contributed by atoms with Crippen molar-refractivity contribution >= 4 is 22.6 Å². The van der Waals surface area contributed by atoms with Gasteiger partial charge in [0.15, 0.2) is 5.17 Å². The predicted molar refractivity (Wildman–Crippen MR) is 78.2 cm³/mol. The third-order valence-electron chi connectivity index (χ3n) is 2.90. The van der Waals surface area contributed by atoms with Crippen LogP contribution in [0.4, 0.5) is 18.9 Å². The number of nitrogens with one attached hydrogen (secondary N) is 1. The number of amidine groups is 1. The van der Waals surface area contributed by atoms with Gasteiger partial charge in [-0.05, 0) is 30.5 Å². The third kappa shape index (κ3) is 4.16. The van der Waals surface area contributed by atoms with Crippen LogP contribution in [-0.2, 0) is 6.18 Å². The lowest BCUT2D eigenvalue weighted by Crippen LogP contribution is -2.09. The van der Waals surface area contributed by atoms with Crippen LogP contribution in [0.25, 0.3) is 0 Å². The SMILES string of the molecule is CC(C)CC1CSC(Nc2cccc(C(F)(F)F)c2)=N1. The molecular formula is C14H17F3N2S. The molecule has 0 aromatic heterocycles. The number of anilines is 1. The number of hydrogen-bond donors (Lipinski definition) is 1. The average molecular weight is 302 g/mol. The number of hydrogen-bond acceptors (Lipinski definition) is 3. The Hall–Kier alpha value is -1.17. The van der Waals surface area contributed by atoms with E-state index in [9.17, 15) is 13.2 Å². The second-order valence-electron chi connectivity index (χ2n) is 5.23. The molecule has 0 saturated heterocycles. The quantitative estimate of drug-likeness (QED) is 0.880. The molecule has 0 fully saturated rings. The van der Waals surface area contributed by atoms with Crippen LogP contribution in [-0.4, -0.2) is 17.0 Å². The van der Waals surface area contributed by atoms with Gasteiger partial charge in [-0.15, -0.1) is 0 Å². The minimum Gasteiger partial charge on any atom is -0.335 e. The van der Waals surface area contributed by atoms with E-state index in [2.05, 4.69) is 24.2 Å². The summed E-state index contributed by atoms with van der Waals surface area (Å²) in [7, 11) is 0. The highest BCUT2D eigenvalue weighted by Crippen LogP contribution is 2.31. The number of aliphatic imine (C=N–C) groups is 1. The third-order valence-corrected chi connectivity index (χ3v) is 3.93. The van der Waals surface area contributed by atoms with E-state index in [0.29, 0.717) is 16.8 Å². The van der Waals surface area contributed by atoms with Gasteiger partial charge in [-0.1, -0.05) is 31.7 Å². The Morgan fingerprint density at radius 2 is 2.15 bits per heavy atom. The highest BCUT2D eigenvalue weighted by Gasteiger charge is 2.30. The predicted octanol–water partition coefficient (Wildman–Crippen LogP) is 4.63. The molecule has 2 nitrogen and oxygen atoms in total. The standard InChI is InChI=1S/C14H17F3N2S/c1-9(2)6-12-8-20-13(19-12)18-11-5-3-4-10(7-11)14(15,16)17/h3-5,7,9,12H,6,8H2,1-2H3,(H,18,19). The van der Waals surface area contributed by atoms with Crippen molar-refractivity contribution in [2.75, 3.05) is 11.1 Å². The lowest BCUT2D eigenvalue weighted by Gasteiger charge is -2.10. The largest absolute Gasteiger partial charge is 0.416 e. The second-order valence-corrected chi connectivity index (χ2v) is 6.24. The number of rotatable bonds is 3. The minimum atomic E-state index is -4.32. The number of benzene rings is 1. The average Bonchev–Trinajstić information content (AvgIpc) is 2.75. The first kappa shape index (κ1) is 15.2. The van der Waals surface area contributed by atoms with Crippen LogP contribution in [0.5, 0.6) is 0 Å². The first-order valence-corrected chi connectivity index (χ1v) is 7.48. The maximum atomic E-state index is 12.6. The summed E-state index contributed by atoms with van der Waals surface area (Å²) in [4.78, 5) is 4.50. The van der Waals surface area contributed by atoms with E-state index in [1.54, 1.807) is 17.8 Å². The van der Waals surface area contributed by atoms with Crippen LogP contribution >= 0.6 is 11.8 Å². The number of halogens is 3. The summed E-state index contributed by atoms with van der Waals surface area (Å²) in [6.45, 7) is 4.27. The topological polar surface area (TPSA) is 24.4 Å². The normalized spacial score (nSPS) is 19.3. The molecule has 0 spiro atoms. The summed E-state index contributed by atoms with van der Waals surface area (Å²) < 4.78 is 37.9. The molecule has 2 rings (SSSR count). The van der Waals surface area contributed by atoms with Gasteiger partial charge in [0, 0.05) is 11.4 Å². The Labute approximate surface area is 120 Å². The molecule has 1 heterocycles. The molecule has 1 aliphatic heterocycles. The van der Waals surface area contributed by atoms with E-state index in [4.69, 9.17) is 0 Å². The zero-order valence-electron chi connectivity index (χ0n) is 11.4. The Balaban J connectivity index is 2.04. The van der Waals surface area contributed by atoms with Crippen LogP contribution in [0.3, 0.4) is 0 Å². The summed E-state index contributed by atoms with van der Waals surface area (Å²) in [5.74, 6) is 1.46. The Morgan fingerprint density at radius 1 is 1.40 bits per heavy atom. The highest BCUT2D eigenvalue weighted by atomic mass is 32.2. The summed E-state index contributed by atoms with van der Waals surface area (Å²) in [5, 5.41) is 3.67. The van der Waals surface area contributed by atoms with Gasteiger partial charge in [-0.3, -0.25) is 4.99 Å². The van der Waals surface area contributed by atoms with Crippen molar-refractivity contribution in [2.45, 2.75) is 32.5 Å². The summed E-state index contributed by atoms with van der Waals surface area (Å²) in [6.07, 6.45) is -3.32. The zero-order valence-corrected chi connectivity index (χ0v) is 12.2. The van der Waals surface area contributed by atoms with Gasteiger partial charge in [-0.2, -0.15) is 13.2 Å². The van der Waals surface area contributed by atoms with Crippen LogP contribution < -0.4 is 5.32 Å². The fraction of sp³-hybridized carbons (Fsp3) is 0.500. The molecule has 1 aromatic carbocycles. The lowest BCUT2D eigenvalue weighted by atomic mass is 10.1. The van der Waals surface area contributed by atoms with E-state index in [1.807, 2.05) is 0 Å². The minimum absolute atomic E-state index is 0.258. The molecule has 6 heteroatoms. The fourth-order valence-corrected chi connectivity index (χ4v) is 3.02. The van der Waals surface area contributed by atoms with Gasteiger partial charge in [-0.25, -0.2) is 0 Å². The van der Waals surface area contributed by atoms with Crippen LogP contribution in [0.1, 0.15) is 25.8 Å². The van der Waals surface area contributed by atoms with Crippen molar-refractivity contribution in [3.63, 3.8) is 0 Å². The molecule has 0 radical (unpaired) electrons. The van der Waals surface area contributed by atoms with Crippen molar-refractivity contribution in [1.29, 1.82) is 0 Å². The van der Waals surface area contributed by atoms with E-state index in [0.717, 1.165) is 24.3 Å². The molecule has 1 atom stereocenters. The van der Waals surface area contributed by atoms with Gasteiger partial charge in [0.2, 0.25) is 0 Å². The van der Waals surface area contributed by atoms with Crippen molar-refractivity contribution in [1.82, 2.24) is 0 Å². The molecule has 1 aromatic rings. The lowest BCUT2D eigenvalue weighted by molar-refractivity contribution is -0.137. The first-order chi connectivity index (χ1) is 9.34. The van der Waals surface area contributed by atoms with Crippen molar-refractivity contribution in [3.05, 3.63) is 29.8 Å². The van der Waals surface area contributed by atoms with E-state index in [1.165, 1.54) is 6.07 Å². The molecule has 1 N–H and O–H groups in total. The van der Waals surface area contributed by atoms with Gasteiger partial charge in [0.1, 0.15) is 0 Å². The van der Waals surface area contributed by atoms with Crippen molar-refractivity contribution in [3.8, 4) is 0 Å². The van der Waals surface area contributed by atoms with Gasteiger partial charge in [0.05, 0.1) is 11.6 Å². The Bertz CT molecular complexity index is 497. The molecule has 0 aliphatic carbocycles. The zero-order chi connectivity index (χ0) is 14.8. The van der Waals surface area contributed by atoms with Crippen molar-refractivity contribution in [2.24, 2.45) is 10.9 Å². The molecule has 1 unspecified atom stereocenters. The number of thioether (sulfide) groups is 1. The highest BCUT2D eigenvalue weighted by molar-refractivity contribution is 8.14.